The molecule has 0 spiro atoms. The zero-order valence-electron chi connectivity index (χ0n) is 19.3. The Balaban J connectivity index is 1.53. The van der Waals surface area contributed by atoms with Crippen molar-refractivity contribution in [2.45, 2.75) is 18.6 Å². The number of nitrogens with zero attached hydrogens (tertiary/aromatic N) is 6. The molecule has 3 aromatic rings. The van der Waals surface area contributed by atoms with Gasteiger partial charge in [-0.2, -0.15) is 28.2 Å². The minimum Gasteiger partial charge on any atom is -0.355 e. The molecule has 0 unspecified atom stereocenters. The molecule has 188 valence electrons. The van der Waals surface area contributed by atoms with Crippen LogP contribution in [0.5, 0.6) is 0 Å². The van der Waals surface area contributed by atoms with Crippen LogP contribution in [0.3, 0.4) is 0 Å². The highest BCUT2D eigenvalue weighted by Crippen LogP contribution is 2.34. The van der Waals surface area contributed by atoms with Crippen molar-refractivity contribution in [3.8, 4) is 5.69 Å². The average Bonchev–Trinajstić information content (AvgIpc) is 3.35. The molecule has 2 aliphatic heterocycles. The van der Waals surface area contributed by atoms with Gasteiger partial charge in [-0.3, -0.25) is 0 Å². The smallest absolute Gasteiger partial charge is 0.355 e. The van der Waals surface area contributed by atoms with E-state index < -0.39 is 21.6 Å². The lowest BCUT2D eigenvalue weighted by Crippen LogP contribution is -2.50. The Morgan fingerprint density at radius 2 is 1.94 bits per heavy atom. The lowest BCUT2D eigenvalue weighted by atomic mass is 10.0. The summed E-state index contributed by atoms with van der Waals surface area (Å²) in [4.78, 5) is 13.5. The number of likely N-dealkylation sites (N-methyl/N-ethyl adjacent to an activating group) is 1. The van der Waals surface area contributed by atoms with Gasteiger partial charge >= 0.3 is 6.18 Å². The summed E-state index contributed by atoms with van der Waals surface area (Å²) in [5, 5.41) is 8.29. The number of benzene rings is 1. The molecule has 4 heterocycles. The first-order valence-corrected chi connectivity index (χ1v) is 13.3. The van der Waals surface area contributed by atoms with Gasteiger partial charge in [0.2, 0.25) is 5.95 Å². The van der Waals surface area contributed by atoms with Crippen LogP contribution in [-0.2, 0) is 16.0 Å². The van der Waals surface area contributed by atoms with Gasteiger partial charge in [0, 0.05) is 37.8 Å². The molecule has 2 saturated heterocycles. The number of hydrogen-bond donors (Lipinski definition) is 1. The third kappa shape index (κ3) is 5.06. The van der Waals surface area contributed by atoms with Crippen LogP contribution >= 0.6 is 0 Å². The summed E-state index contributed by atoms with van der Waals surface area (Å²) in [6.07, 6.45) is -0.799. The number of nitrogens with one attached hydrogen (secondary N) is 1. The van der Waals surface area contributed by atoms with Crippen LogP contribution in [0.25, 0.3) is 16.7 Å². The maximum Gasteiger partial charge on any atom is 0.416 e. The first-order valence-electron chi connectivity index (χ1n) is 11.3. The fourth-order valence-electron chi connectivity index (χ4n) is 4.71. The van der Waals surface area contributed by atoms with Crippen LogP contribution in [0.1, 0.15) is 12.0 Å². The van der Waals surface area contributed by atoms with Crippen LogP contribution in [0, 0.1) is 5.92 Å². The Labute approximate surface area is 200 Å². The largest absolute Gasteiger partial charge is 0.416 e. The molecule has 9 nitrogen and oxygen atoms in total. The quantitative estimate of drug-likeness (QED) is 0.542. The molecule has 1 atom stereocenters. The summed E-state index contributed by atoms with van der Waals surface area (Å²) in [6, 6.07) is 5.09. The number of hydrogen-bond acceptors (Lipinski definition) is 8. The summed E-state index contributed by atoms with van der Waals surface area (Å²) >= 11 is 0. The van der Waals surface area contributed by atoms with Crippen LogP contribution in [0.2, 0.25) is 0 Å². The van der Waals surface area contributed by atoms with Crippen LogP contribution < -0.4 is 10.2 Å². The van der Waals surface area contributed by atoms with Crippen LogP contribution in [0.15, 0.2) is 30.5 Å². The molecule has 0 amide bonds. The zero-order valence-corrected chi connectivity index (χ0v) is 20.1. The van der Waals surface area contributed by atoms with Gasteiger partial charge in [0.25, 0.3) is 0 Å². The third-order valence-corrected chi connectivity index (χ3v) is 7.42. The van der Waals surface area contributed by atoms with E-state index in [0.29, 0.717) is 35.9 Å². The number of fused-ring (bicyclic) bond motifs is 1. The molecule has 13 heteroatoms. The molecule has 35 heavy (non-hydrogen) atoms. The zero-order chi connectivity index (χ0) is 25.0. The summed E-state index contributed by atoms with van der Waals surface area (Å²) < 4.78 is 64.6. The van der Waals surface area contributed by atoms with Gasteiger partial charge in [0.1, 0.15) is 15.7 Å². The fraction of sp³-hybridized carbons (Fsp3) is 0.500. The average molecular weight is 510 g/mol. The van der Waals surface area contributed by atoms with E-state index in [4.69, 9.17) is 4.98 Å². The van der Waals surface area contributed by atoms with Gasteiger partial charge in [-0.25, -0.2) is 13.1 Å². The van der Waals surface area contributed by atoms with E-state index in [1.165, 1.54) is 17.0 Å². The van der Waals surface area contributed by atoms with Crippen LogP contribution in [-0.4, -0.2) is 84.3 Å². The van der Waals surface area contributed by atoms with E-state index >= 15 is 0 Å². The van der Waals surface area contributed by atoms with Gasteiger partial charge in [-0.05, 0) is 38.2 Å². The Bertz CT molecular complexity index is 1350. The highest BCUT2D eigenvalue weighted by molar-refractivity contribution is 7.90. The molecule has 1 N–H and O–H groups in total. The van der Waals surface area contributed by atoms with Crippen molar-refractivity contribution < 1.29 is 21.6 Å². The lowest BCUT2D eigenvalue weighted by Gasteiger charge is -2.40. The Hall–Kier alpha value is -2.93. The number of alkyl halides is 3. The molecule has 0 saturated carbocycles. The van der Waals surface area contributed by atoms with Crippen LogP contribution in [0.4, 0.5) is 24.9 Å². The maximum atomic E-state index is 13.3. The maximum absolute atomic E-state index is 13.3. The van der Waals surface area contributed by atoms with E-state index in [0.717, 1.165) is 31.6 Å². The number of likely N-dealkylation sites (tertiary alicyclic amines) is 1. The number of rotatable bonds is 6. The van der Waals surface area contributed by atoms with Crippen molar-refractivity contribution in [2.75, 3.05) is 55.5 Å². The SMILES string of the molecule is CN1CC[C@H](Nc2nc(N3CC(CS(C)(=O)=O)C3)c3cnn(-c4cccc(C(F)(F)F)c4)c3n2)C1. The Morgan fingerprint density at radius 1 is 1.17 bits per heavy atom. The molecular formula is C22H26F3N7O2S. The monoisotopic (exact) mass is 509 g/mol. The van der Waals surface area contributed by atoms with Gasteiger partial charge in [-0.15, -0.1) is 0 Å². The van der Waals surface area contributed by atoms with Crippen molar-refractivity contribution >= 4 is 32.6 Å². The highest BCUT2D eigenvalue weighted by Gasteiger charge is 2.34. The van der Waals surface area contributed by atoms with Gasteiger partial charge < -0.3 is 15.1 Å². The molecule has 2 aromatic heterocycles. The summed E-state index contributed by atoms with van der Waals surface area (Å²) in [6.45, 7) is 2.79. The minimum absolute atomic E-state index is 0.00609. The topological polar surface area (TPSA) is 96.2 Å². The Morgan fingerprint density at radius 3 is 2.60 bits per heavy atom. The van der Waals surface area contributed by atoms with Crippen molar-refractivity contribution in [3.05, 3.63) is 36.0 Å². The second-order valence-electron chi connectivity index (χ2n) is 9.47. The van der Waals surface area contributed by atoms with E-state index in [1.54, 1.807) is 12.3 Å². The molecule has 0 bridgehead atoms. The first kappa shape index (κ1) is 23.8. The predicted octanol–water partition coefficient (Wildman–Crippen LogP) is 2.43. The number of halogens is 3. The number of sulfone groups is 1. The van der Waals surface area contributed by atoms with Crippen molar-refractivity contribution in [2.24, 2.45) is 5.92 Å². The van der Waals surface area contributed by atoms with E-state index in [9.17, 15) is 21.6 Å². The first-order chi connectivity index (χ1) is 16.5. The highest BCUT2D eigenvalue weighted by atomic mass is 32.2. The normalized spacial score (nSPS) is 19.9. The van der Waals surface area contributed by atoms with Crippen molar-refractivity contribution in [1.29, 1.82) is 0 Å². The second kappa shape index (κ2) is 8.63. The van der Waals surface area contributed by atoms with E-state index in [2.05, 4.69) is 20.3 Å². The molecule has 2 aliphatic rings. The van der Waals surface area contributed by atoms with E-state index in [1.807, 2.05) is 11.9 Å². The Kier molecular flexibility index (Phi) is 5.86. The predicted molar refractivity (Wildman–Crippen MR) is 127 cm³/mol. The fourth-order valence-corrected chi connectivity index (χ4v) is 5.78. The second-order valence-corrected chi connectivity index (χ2v) is 11.7. The molecule has 0 aliphatic carbocycles. The molecule has 1 aromatic carbocycles. The molecule has 2 fully saturated rings. The van der Waals surface area contributed by atoms with Gasteiger partial charge in [0.15, 0.2) is 5.65 Å². The summed E-state index contributed by atoms with van der Waals surface area (Å²) in [5.41, 5.74) is -0.147. The minimum atomic E-state index is -4.48. The van der Waals surface area contributed by atoms with Gasteiger partial charge in [-0.1, -0.05) is 6.07 Å². The molecule has 5 rings (SSSR count). The standard InChI is InChI=1S/C22H26F3N7O2S/c1-30-7-6-16(12-30)27-21-28-19(31-10-14(11-31)13-35(2,33)34)18-9-26-32(20(18)29-21)17-5-3-4-15(8-17)22(23,24)25/h3-5,8-9,14,16H,6-7,10-13H2,1-2H3,(H,27,28,29)/t16-/m0/s1. The molecular weight excluding hydrogens is 483 g/mol. The number of aromatic nitrogens is 4. The van der Waals surface area contributed by atoms with Crippen molar-refractivity contribution in [1.82, 2.24) is 24.6 Å². The van der Waals surface area contributed by atoms with Gasteiger partial charge in [0.05, 0.1) is 28.6 Å². The van der Waals surface area contributed by atoms with E-state index in [-0.39, 0.29) is 23.4 Å². The lowest BCUT2D eigenvalue weighted by molar-refractivity contribution is -0.137. The summed E-state index contributed by atoms with van der Waals surface area (Å²) in [5.74, 6) is 1.05. The third-order valence-electron chi connectivity index (χ3n) is 6.35. The molecule has 0 radical (unpaired) electrons. The number of anilines is 2. The summed E-state index contributed by atoms with van der Waals surface area (Å²) in [7, 11) is -1.06. The van der Waals surface area contributed by atoms with Crippen molar-refractivity contribution in [3.63, 3.8) is 0 Å².